The predicted molar refractivity (Wildman–Crippen MR) is 187 cm³/mol. The number of likely N-dealkylation sites (tertiary alicyclic amines) is 2. The Hall–Kier alpha value is -3.94. The number of nitrogens with zero attached hydrogens (tertiary/aromatic N) is 4. The quantitative estimate of drug-likeness (QED) is 0.377. The minimum absolute atomic E-state index is 0.0377. The van der Waals surface area contributed by atoms with Gasteiger partial charge >= 0.3 is 22.0 Å². The third-order valence-electron chi connectivity index (χ3n) is 13.1. The molecule has 3 aromatic rings. The zero-order chi connectivity index (χ0) is 34.9. The summed E-state index contributed by atoms with van der Waals surface area (Å²) in [6.07, 6.45) is 8.23. The van der Waals surface area contributed by atoms with Crippen LogP contribution in [0.1, 0.15) is 84.7 Å². The smallest absolute Gasteiger partial charge is 0.312 e. The summed E-state index contributed by atoms with van der Waals surface area (Å²) < 4.78 is 36.2. The van der Waals surface area contributed by atoms with Gasteiger partial charge in [0.05, 0.1) is 36.0 Å². The molecule has 50 heavy (non-hydrogen) atoms. The maximum atomic E-state index is 14.0. The van der Waals surface area contributed by atoms with Crippen LogP contribution in [0.15, 0.2) is 36.4 Å². The van der Waals surface area contributed by atoms with E-state index in [1.807, 2.05) is 17.0 Å². The third-order valence-corrected chi connectivity index (χ3v) is 14.5. The highest BCUT2D eigenvalue weighted by molar-refractivity contribution is 7.87. The first-order valence-corrected chi connectivity index (χ1v) is 19.3. The number of nitrogens with one attached hydrogen (secondary N) is 2. The Bertz CT molecular complexity index is 2100. The molecule has 2 N–H and O–H groups in total. The monoisotopic (exact) mass is 700 g/mol. The molecule has 264 valence electrons. The molecule has 3 aliphatic carbocycles. The first-order valence-electron chi connectivity index (χ1n) is 17.9. The third kappa shape index (κ3) is 4.29. The Morgan fingerprint density at radius 2 is 1.78 bits per heavy atom. The van der Waals surface area contributed by atoms with Crippen LogP contribution in [0.3, 0.4) is 0 Å². The lowest BCUT2D eigenvalue weighted by atomic mass is 9.52. The average Bonchev–Trinajstić information content (AvgIpc) is 3.71. The molecule has 0 radical (unpaired) electrons. The van der Waals surface area contributed by atoms with Crippen LogP contribution in [0.25, 0.3) is 22.2 Å². The van der Waals surface area contributed by atoms with E-state index in [4.69, 9.17) is 4.74 Å². The summed E-state index contributed by atoms with van der Waals surface area (Å²) in [6.45, 7) is 1.21. The lowest BCUT2D eigenvalue weighted by Gasteiger charge is -2.79. The summed E-state index contributed by atoms with van der Waals surface area (Å²) in [4.78, 5) is 45.3. The highest BCUT2D eigenvalue weighted by atomic mass is 32.2. The number of piperidine rings is 1. The summed E-state index contributed by atoms with van der Waals surface area (Å²) in [7, 11) is 2.49. The highest BCUT2D eigenvalue weighted by Crippen LogP contribution is 2.61. The molecule has 3 amide bonds. The Labute approximate surface area is 292 Å². The van der Waals surface area contributed by atoms with E-state index in [1.54, 1.807) is 19.2 Å². The number of amides is 3. The second-order valence-electron chi connectivity index (χ2n) is 15.6. The molecule has 3 aliphatic heterocycles. The van der Waals surface area contributed by atoms with Crippen LogP contribution in [-0.4, -0.2) is 103 Å². The number of hydrogen-bond donors (Lipinski definition) is 2. The first-order chi connectivity index (χ1) is 23.9. The van der Waals surface area contributed by atoms with Crippen molar-refractivity contribution in [3.05, 3.63) is 53.1 Å². The molecule has 12 nitrogen and oxygen atoms in total. The van der Waals surface area contributed by atoms with Gasteiger partial charge in [0.25, 0.3) is 5.91 Å². The molecule has 0 bridgehead atoms. The summed E-state index contributed by atoms with van der Waals surface area (Å²) in [5.41, 5.74) is 4.82. The van der Waals surface area contributed by atoms with E-state index in [1.165, 1.54) is 26.1 Å². The fourth-order valence-corrected chi connectivity index (χ4v) is 10.8. The van der Waals surface area contributed by atoms with Crippen molar-refractivity contribution in [2.45, 2.75) is 92.9 Å². The molecule has 9 rings (SSSR count). The normalized spacial score (nSPS) is 29.5. The van der Waals surface area contributed by atoms with Crippen molar-refractivity contribution in [2.75, 3.05) is 34.8 Å². The number of aromatic nitrogens is 1. The molecule has 5 unspecified atom stereocenters. The first kappa shape index (κ1) is 32.0. The maximum Gasteiger partial charge on any atom is 0.312 e. The van der Waals surface area contributed by atoms with Gasteiger partial charge in [-0.25, -0.2) is 4.72 Å². The fraction of sp³-hybridized carbons (Fsp3) is 0.541. The number of methoxy groups -OCH3 is 1. The summed E-state index contributed by atoms with van der Waals surface area (Å²) in [5, 5.41) is 4.29. The standard InChI is InChI=1S/C37H44N6O6S/c1-40(2)50(47,48)39-33(44)22-10-12-25-28(16-22)42-20-36(38-34(45)35(46)43-29-14-15-37(29)30(43)19-41(37)3)18-27(36)26-17-23(49-4)11-13-24(26)32(42)31(25)21-8-6-5-7-9-21/h10-13,16-17,21,27,29-30H,5-9,14-15,18-20H2,1-4H3,(H,38,45)(H,39,44). The van der Waals surface area contributed by atoms with E-state index in [2.05, 4.69) is 38.7 Å². The summed E-state index contributed by atoms with van der Waals surface area (Å²) in [5.74, 6) is -0.719. The van der Waals surface area contributed by atoms with Crippen molar-refractivity contribution >= 4 is 38.8 Å². The zero-order valence-corrected chi connectivity index (χ0v) is 29.8. The van der Waals surface area contributed by atoms with Gasteiger partial charge in [-0.15, -0.1) is 0 Å². The number of carbonyl (C=O) groups is 3. The van der Waals surface area contributed by atoms with Crippen LogP contribution < -0.4 is 14.8 Å². The van der Waals surface area contributed by atoms with E-state index >= 15 is 0 Å². The van der Waals surface area contributed by atoms with Gasteiger partial charge in [-0.3, -0.25) is 19.3 Å². The van der Waals surface area contributed by atoms with Gasteiger partial charge in [0.1, 0.15) is 5.75 Å². The maximum absolute atomic E-state index is 14.0. The topological polar surface area (TPSA) is 133 Å². The Balaban J connectivity index is 1.15. The van der Waals surface area contributed by atoms with E-state index in [0.29, 0.717) is 18.9 Å². The Morgan fingerprint density at radius 1 is 1.00 bits per heavy atom. The van der Waals surface area contributed by atoms with Crippen LogP contribution >= 0.6 is 0 Å². The van der Waals surface area contributed by atoms with Gasteiger partial charge in [0.2, 0.25) is 0 Å². The number of piperazine rings is 1. The van der Waals surface area contributed by atoms with E-state index in [9.17, 15) is 22.8 Å². The van der Waals surface area contributed by atoms with Gasteiger partial charge in [-0.2, -0.15) is 12.7 Å². The van der Waals surface area contributed by atoms with Crippen molar-refractivity contribution in [1.29, 1.82) is 0 Å². The van der Waals surface area contributed by atoms with Gasteiger partial charge in [-0.05, 0) is 86.5 Å². The lowest BCUT2D eigenvalue weighted by molar-refractivity contribution is -0.274. The van der Waals surface area contributed by atoms with Gasteiger partial charge < -0.3 is 19.5 Å². The molecule has 1 aromatic heterocycles. The molecule has 6 aliphatic rings. The molecule has 3 saturated carbocycles. The number of hydrogen-bond acceptors (Lipinski definition) is 7. The molecule has 4 heterocycles. The minimum Gasteiger partial charge on any atom is -0.497 e. The number of carbonyl (C=O) groups excluding carboxylic acids is 3. The molecule has 2 aromatic carbocycles. The Kier molecular flexibility index (Phi) is 6.90. The molecular weight excluding hydrogens is 657 g/mol. The van der Waals surface area contributed by atoms with Crippen molar-refractivity contribution in [1.82, 2.24) is 28.7 Å². The van der Waals surface area contributed by atoms with Crippen LogP contribution in [0.5, 0.6) is 5.75 Å². The fourth-order valence-electron chi connectivity index (χ4n) is 10.2. The number of benzene rings is 2. The number of fused-ring (bicyclic) bond motifs is 7. The lowest BCUT2D eigenvalue weighted by Crippen LogP contribution is -2.96. The van der Waals surface area contributed by atoms with Gasteiger partial charge in [0, 0.05) is 55.1 Å². The molecule has 5 fully saturated rings. The van der Waals surface area contributed by atoms with Crippen molar-refractivity contribution < 1.29 is 27.5 Å². The van der Waals surface area contributed by atoms with Crippen LogP contribution in [-0.2, 0) is 26.3 Å². The van der Waals surface area contributed by atoms with Crippen molar-refractivity contribution in [2.24, 2.45) is 0 Å². The van der Waals surface area contributed by atoms with Crippen LogP contribution in [0.4, 0.5) is 0 Å². The summed E-state index contributed by atoms with van der Waals surface area (Å²) in [6, 6.07) is 11.8. The predicted octanol–water partition coefficient (Wildman–Crippen LogP) is 3.31. The van der Waals surface area contributed by atoms with E-state index < -0.39 is 33.5 Å². The van der Waals surface area contributed by atoms with E-state index in [-0.39, 0.29) is 29.1 Å². The SMILES string of the molecule is COc1ccc2c(c1)C1CC1(NC(=O)C(=O)N1C3CCC34C1CN4C)Cn1c-2c(C2CCCCC2)c2ccc(C(=O)NS(=O)(=O)N(C)C)cc21. The second-order valence-corrected chi connectivity index (χ2v) is 17.5. The molecule has 13 heteroatoms. The average molecular weight is 701 g/mol. The molecule has 5 atom stereocenters. The van der Waals surface area contributed by atoms with Gasteiger partial charge in [0.15, 0.2) is 0 Å². The number of rotatable bonds is 6. The number of likely N-dealkylation sites (N-methyl/N-ethyl adjacent to an activating group) is 1. The highest BCUT2D eigenvalue weighted by Gasteiger charge is 2.75. The van der Waals surface area contributed by atoms with Gasteiger partial charge in [-0.1, -0.05) is 25.3 Å². The largest absolute Gasteiger partial charge is 0.497 e. The van der Waals surface area contributed by atoms with Crippen molar-refractivity contribution in [3.8, 4) is 17.0 Å². The molecule has 1 spiro atoms. The summed E-state index contributed by atoms with van der Waals surface area (Å²) >= 11 is 0. The molecule has 2 saturated heterocycles. The zero-order valence-electron chi connectivity index (χ0n) is 29.0. The molecular formula is C37H44N6O6S. The second kappa shape index (κ2) is 10.8. The number of ether oxygens (including phenoxy) is 1. The van der Waals surface area contributed by atoms with Crippen LogP contribution in [0.2, 0.25) is 0 Å². The van der Waals surface area contributed by atoms with Crippen LogP contribution in [0, 0.1) is 0 Å². The van der Waals surface area contributed by atoms with E-state index in [0.717, 1.165) is 82.8 Å². The minimum atomic E-state index is -4.00. The van der Waals surface area contributed by atoms with Crippen molar-refractivity contribution in [3.63, 3.8) is 0 Å². The Morgan fingerprint density at radius 3 is 2.44 bits per heavy atom.